The summed E-state index contributed by atoms with van der Waals surface area (Å²) < 4.78 is 4.86. The van der Waals surface area contributed by atoms with Crippen molar-refractivity contribution in [1.82, 2.24) is 0 Å². The Balaban J connectivity index is 0. The highest BCUT2D eigenvalue weighted by molar-refractivity contribution is 5.69. The number of hydrogen-bond donors (Lipinski definition) is 3. The summed E-state index contributed by atoms with van der Waals surface area (Å²) in [6.07, 6.45) is 26.0. The van der Waals surface area contributed by atoms with Crippen LogP contribution in [0, 0.1) is 0 Å². The summed E-state index contributed by atoms with van der Waals surface area (Å²) in [5, 5.41) is 26.0. The third-order valence-electron chi connectivity index (χ3n) is 5.78. The van der Waals surface area contributed by atoms with Crippen LogP contribution in [0.3, 0.4) is 0 Å². The molecule has 35 heavy (non-hydrogen) atoms. The van der Waals surface area contributed by atoms with Gasteiger partial charge in [-0.25, -0.2) is 0 Å². The van der Waals surface area contributed by atoms with E-state index in [1.807, 2.05) is 0 Å². The summed E-state index contributed by atoms with van der Waals surface area (Å²) in [6, 6.07) is 0. The third kappa shape index (κ3) is 34.8. The minimum absolute atomic E-state index is 0.111. The Morgan fingerprint density at radius 3 is 1.57 bits per heavy atom. The highest BCUT2D eigenvalue weighted by Crippen LogP contribution is 2.10. The van der Waals surface area contributed by atoms with Gasteiger partial charge in [0.15, 0.2) is 0 Å². The number of esters is 1. The number of carboxylic acids is 1. The molecule has 0 amide bonds. The van der Waals surface area contributed by atoms with Crippen LogP contribution in [0.25, 0.3) is 0 Å². The molecule has 6 nitrogen and oxygen atoms in total. The summed E-state index contributed by atoms with van der Waals surface area (Å²) in [7, 11) is 0. The zero-order chi connectivity index (χ0) is 26.4. The van der Waals surface area contributed by atoms with Crippen molar-refractivity contribution in [2.75, 3.05) is 13.2 Å². The molecule has 0 rings (SSSR count). The minimum Gasteiger partial charge on any atom is -0.481 e. The molecular weight excluding hydrogens is 444 g/mol. The van der Waals surface area contributed by atoms with Gasteiger partial charge in [-0.2, -0.15) is 0 Å². The summed E-state index contributed by atoms with van der Waals surface area (Å²) in [5.74, 6) is -0.957. The molecule has 0 spiro atoms. The van der Waals surface area contributed by atoms with Crippen LogP contribution in [0.15, 0.2) is 12.2 Å². The molecule has 0 aromatic rings. The van der Waals surface area contributed by atoms with Crippen LogP contribution in [0.2, 0.25) is 0 Å². The predicted octanol–water partition coefficient (Wildman–Crippen LogP) is 7.35. The fourth-order valence-corrected chi connectivity index (χ4v) is 3.53. The Hall–Kier alpha value is -1.40. The van der Waals surface area contributed by atoms with E-state index >= 15 is 0 Å². The summed E-state index contributed by atoms with van der Waals surface area (Å²) in [5.41, 5.74) is 0. The van der Waals surface area contributed by atoms with Crippen LogP contribution in [0.1, 0.15) is 142 Å². The van der Waals surface area contributed by atoms with E-state index < -0.39 is 12.1 Å². The van der Waals surface area contributed by atoms with Crippen molar-refractivity contribution < 1.29 is 29.6 Å². The molecule has 0 aromatic carbocycles. The number of ether oxygens (including phenoxy) is 1. The van der Waals surface area contributed by atoms with E-state index in [9.17, 15) is 9.59 Å². The van der Waals surface area contributed by atoms with Gasteiger partial charge in [0, 0.05) is 12.8 Å². The number of aliphatic carboxylic acids is 1. The Morgan fingerprint density at radius 1 is 0.686 bits per heavy atom. The molecular formula is C29H56O6. The summed E-state index contributed by atoms with van der Waals surface area (Å²) in [4.78, 5) is 21.4. The SMILES string of the molecule is CCCCCCCC(=O)O.CCCCCCCC/C=C\CCCCCCCC(=O)OCC(O)CO. The number of carbonyl (C=O) groups is 2. The molecule has 3 N–H and O–H groups in total. The van der Waals surface area contributed by atoms with E-state index in [2.05, 4.69) is 26.0 Å². The Kier molecular flexibility index (Phi) is 31.3. The summed E-state index contributed by atoms with van der Waals surface area (Å²) >= 11 is 0. The highest BCUT2D eigenvalue weighted by Gasteiger charge is 2.07. The lowest BCUT2D eigenvalue weighted by Crippen LogP contribution is -2.21. The molecule has 0 aromatic heterocycles. The molecule has 0 fully saturated rings. The average molecular weight is 501 g/mol. The molecule has 0 bridgehead atoms. The molecule has 6 heteroatoms. The largest absolute Gasteiger partial charge is 0.481 e. The van der Waals surface area contributed by atoms with Gasteiger partial charge in [-0.3, -0.25) is 9.59 Å². The lowest BCUT2D eigenvalue weighted by Gasteiger charge is -2.08. The fraction of sp³-hybridized carbons (Fsp3) is 0.862. The van der Waals surface area contributed by atoms with Crippen molar-refractivity contribution in [2.45, 2.75) is 148 Å². The van der Waals surface area contributed by atoms with Gasteiger partial charge in [0.05, 0.1) is 6.61 Å². The molecule has 0 aliphatic carbocycles. The molecule has 0 saturated heterocycles. The van der Waals surface area contributed by atoms with E-state index in [1.54, 1.807) is 0 Å². The predicted molar refractivity (Wildman–Crippen MR) is 145 cm³/mol. The second kappa shape index (κ2) is 30.6. The van der Waals surface area contributed by atoms with Crippen molar-refractivity contribution in [3.63, 3.8) is 0 Å². The summed E-state index contributed by atoms with van der Waals surface area (Å²) in [6.45, 7) is 3.92. The maximum atomic E-state index is 11.4. The smallest absolute Gasteiger partial charge is 0.305 e. The number of aliphatic hydroxyl groups is 2. The normalized spacial score (nSPS) is 11.8. The van der Waals surface area contributed by atoms with Gasteiger partial charge >= 0.3 is 11.9 Å². The number of carboxylic acid groups (broad SMARTS) is 1. The number of unbranched alkanes of at least 4 members (excludes halogenated alkanes) is 15. The van der Waals surface area contributed by atoms with E-state index in [-0.39, 0.29) is 19.2 Å². The number of rotatable bonds is 24. The first kappa shape index (κ1) is 35.8. The number of carbonyl (C=O) groups excluding carboxylic acids is 1. The fourth-order valence-electron chi connectivity index (χ4n) is 3.53. The first-order valence-electron chi connectivity index (χ1n) is 14.3. The quantitative estimate of drug-likeness (QED) is 0.0727. The molecule has 0 heterocycles. The van der Waals surface area contributed by atoms with Crippen molar-refractivity contribution in [2.24, 2.45) is 0 Å². The monoisotopic (exact) mass is 500 g/mol. The zero-order valence-electron chi connectivity index (χ0n) is 22.9. The average Bonchev–Trinajstić information content (AvgIpc) is 2.85. The topological polar surface area (TPSA) is 104 Å². The molecule has 1 unspecified atom stereocenters. The maximum absolute atomic E-state index is 11.4. The number of aliphatic hydroxyl groups excluding tert-OH is 2. The van der Waals surface area contributed by atoms with Crippen LogP contribution in [0.4, 0.5) is 0 Å². The molecule has 0 aliphatic heterocycles. The zero-order valence-corrected chi connectivity index (χ0v) is 22.9. The second-order valence-corrected chi connectivity index (χ2v) is 9.41. The van der Waals surface area contributed by atoms with Gasteiger partial charge in [-0.15, -0.1) is 0 Å². The van der Waals surface area contributed by atoms with Crippen molar-refractivity contribution in [3.05, 3.63) is 12.2 Å². The minimum atomic E-state index is -0.960. The highest BCUT2D eigenvalue weighted by atomic mass is 16.5. The van der Waals surface area contributed by atoms with E-state index in [0.717, 1.165) is 38.5 Å². The van der Waals surface area contributed by atoms with Crippen LogP contribution < -0.4 is 0 Å². The Labute approximate surface area is 215 Å². The first-order valence-corrected chi connectivity index (χ1v) is 14.3. The van der Waals surface area contributed by atoms with Crippen molar-refractivity contribution in [3.8, 4) is 0 Å². The van der Waals surface area contributed by atoms with Gasteiger partial charge in [0.1, 0.15) is 12.7 Å². The third-order valence-corrected chi connectivity index (χ3v) is 5.78. The van der Waals surface area contributed by atoms with Crippen LogP contribution in [-0.4, -0.2) is 46.6 Å². The lowest BCUT2D eigenvalue weighted by atomic mass is 10.1. The van der Waals surface area contributed by atoms with E-state index in [4.69, 9.17) is 20.1 Å². The van der Waals surface area contributed by atoms with Gasteiger partial charge in [-0.05, 0) is 38.5 Å². The molecule has 0 saturated carbocycles. The second-order valence-electron chi connectivity index (χ2n) is 9.41. The lowest BCUT2D eigenvalue weighted by molar-refractivity contribution is -0.147. The molecule has 0 aliphatic rings. The Morgan fingerprint density at radius 2 is 1.11 bits per heavy atom. The van der Waals surface area contributed by atoms with E-state index in [1.165, 1.54) is 77.0 Å². The van der Waals surface area contributed by atoms with Crippen LogP contribution >= 0.6 is 0 Å². The number of hydrogen-bond acceptors (Lipinski definition) is 5. The number of allylic oxidation sites excluding steroid dienone is 2. The maximum Gasteiger partial charge on any atom is 0.305 e. The molecule has 0 radical (unpaired) electrons. The standard InChI is InChI=1S/C21H40O4.C8H16O2/c1-2-3-4-5-6-7-8-9-10-11-12-13-14-15-16-17-21(24)25-19-20(23)18-22;1-2-3-4-5-6-7-8(9)10/h9-10,20,22-23H,2-8,11-19H2,1H3;2-7H2,1H3,(H,9,10)/b10-9-;. The Bertz CT molecular complexity index is 478. The van der Waals surface area contributed by atoms with Crippen molar-refractivity contribution in [1.29, 1.82) is 0 Å². The van der Waals surface area contributed by atoms with Crippen molar-refractivity contribution >= 4 is 11.9 Å². The van der Waals surface area contributed by atoms with Crippen LogP contribution in [0.5, 0.6) is 0 Å². The first-order chi connectivity index (χ1) is 17.0. The van der Waals surface area contributed by atoms with Gasteiger partial charge in [-0.1, -0.05) is 103 Å². The van der Waals surface area contributed by atoms with E-state index in [0.29, 0.717) is 12.8 Å². The van der Waals surface area contributed by atoms with Gasteiger partial charge < -0.3 is 20.1 Å². The van der Waals surface area contributed by atoms with Crippen LogP contribution in [-0.2, 0) is 14.3 Å². The molecule has 1 atom stereocenters. The molecule has 208 valence electrons. The van der Waals surface area contributed by atoms with Gasteiger partial charge in [0.25, 0.3) is 0 Å². The van der Waals surface area contributed by atoms with Gasteiger partial charge in [0.2, 0.25) is 0 Å².